The molecule has 0 aliphatic carbocycles. The molecule has 0 aromatic heterocycles. The zero-order valence-electron chi connectivity index (χ0n) is 14.0. The van der Waals surface area contributed by atoms with Crippen molar-refractivity contribution in [3.63, 3.8) is 0 Å². The molecule has 0 saturated carbocycles. The number of amides is 1. The lowest BCUT2D eigenvalue weighted by atomic mass is 10.1. The van der Waals surface area contributed by atoms with Crippen LogP contribution in [0.1, 0.15) is 44.4 Å². The first-order chi connectivity index (χ1) is 9.67. The number of nitrogens with one attached hydrogen (secondary N) is 2. The van der Waals surface area contributed by atoms with Crippen molar-refractivity contribution in [3.8, 4) is 0 Å². The van der Waals surface area contributed by atoms with Gasteiger partial charge in [0.1, 0.15) is 5.60 Å². The Labute approximate surface area is 128 Å². The Morgan fingerprint density at radius 3 is 2.48 bits per heavy atom. The molecule has 4 heteroatoms. The van der Waals surface area contributed by atoms with E-state index in [-0.39, 0.29) is 12.1 Å². The minimum atomic E-state index is -0.462. The third-order valence-corrected chi connectivity index (χ3v) is 3.11. The lowest BCUT2D eigenvalue weighted by Crippen LogP contribution is -2.42. The molecular weight excluding hydrogens is 264 g/mol. The van der Waals surface area contributed by atoms with E-state index < -0.39 is 5.60 Å². The van der Waals surface area contributed by atoms with E-state index in [4.69, 9.17) is 4.74 Å². The molecule has 0 spiro atoms. The zero-order chi connectivity index (χ0) is 16.0. The van der Waals surface area contributed by atoms with Gasteiger partial charge in [-0.3, -0.25) is 0 Å². The smallest absolute Gasteiger partial charge is 0.407 e. The number of benzene rings is 1. The standard InChI is InChI=1S/C17H28N2O2/c1-12-7-8-15(9-13(12)2)11-18-10-14(3)19-16(20)21-17(4,5)6/h7-9,14,18H,10-11H2,1-6H3,(H,19,20). The van der Waals surface area contributed by atoms with E-state index >= 15 is 0 Å². The van der Waals surface area contributed by atoms with Crippen LogP contribution in [0.3, 0.4) is 0 Å². The molecule has 0 fully saturated rings. The minimum absolute atomic E-state index is 0.0198. The second-order valence-electron chi connectivity index (χ2n) is 6.60. The van der Waals surface area contributed by atoms with E-state index in [2.05, 4.69) is 42.7 Å². The summed E-state index contributed by atoms with van der Waals surface area (Å²) in [7, 11) is 0. The Kier molecular flexibility index (Phi) is 6.21. The van der Waals surface area contributed by atoms with Crippen LogP contribution in [-0.2, 0) is 11.3 Å². The van der Waals surface area contributed by atoms with Crippen molar-refractivity contribution < 1.29 is 9.53 Å². The third kappa shape index (κ3) is 7.14. The molecule has 1 atom stereocenters. The number of hydrogen-bond acceptors (Lipinski definition) is 3. The van der Waals surface area contributed by atoms with Crippen LogP contribution in [0.4, 0.5) is 4.79 Å². The van der Waals surface area contributed by atoms with E-state index in [0.717, 1.165) is 6.54 Å². The first-order valence-electron chi connectivity index (χ1n) is 7.44. The second kappa shape index (κ2) is 7.46. The van der Waals surface area contributed by atoms with Gasteiger partial charge in [0, 0.05) is 19.1 Å². The SMILES string of the molecule is Cc1ccc(CNCC(C)NC(=O)OC(C)(C)C)cc1C. The fourth-order valence-corrected chi connectivity index (χ4v) is 1.91. The van der Waals surface area contributed by atoms with Gasteiger partial charge in [0.05, 0.1) is 0 Å². The maximum absolute atomic E-state index is 11.6. The van der Waals surface area contributed by atoms with E-state index in [1.54, 1.807) is 0 Å². The molecule has 1 amide bonds. The van der Waals surface area contributed by atoms with E-state index in [1.807, 2.05) is 27.7 Å². The van der Waals surface area contributed by atoms with E-state index in [0.29, 0.717) is 6.54 Å². The molecule has 1 aromatic carbocycles. The van der Waals surface area contributed by atoms with Gasteiger partial charge in [0.15, 0.2) is 0 Å². The molecule has 1 aromatic rings. The summed E-state index contributed by atoms with van der Waals surface area (Å²) in [5, 5.41) is 6.17. The summed E-state index contributed by atoms with van der Waals surface area (Å²) in [5.41, 5.74) is 3.40. The number of hydrogen-bond donors (Lipinski definition) is 2. The lowest BCUT2D eigenvalue weighted by Gasteiger charge is -2.22. The van der Waals surface area contributed by atoms with Gasteiger partial charge in [-0.2, -0.15) is 0 Å². The van der Waals surface area contributed by atoms with Crippen LogP contribution in [0.15, 0.2) is 18.2 Å². The normalized spacial score (nSPS) is 12.9. The monoisotopic (exact) mass is 292 g/mol. The Morgan fingerprint density at radius 2 is 1.90 bits per heavy atom. The van der Waals surface area contributed by atoms with Gasteiger partial charge in [-0.15, -0.1) is 0 Å². The average molecular weight is 292 g/mol. The van der Waals surface area contributed by atoms with Crippen LogP contribution in [0.25, 0.3) is 0 Å². The van der Waals surface area contributed by atoms with E-state index in [9.17, 15) is 4.79 Å². The quantitative estimate of drug-likeness (QED) is 0.875. The van der Waals surface area contributed by atoms with Gasteiger partial charge >= 0.3 is 6.09 Å². The summed E-state index contributed by atoms with van der Waals surface area (Å²) in [6.07, 6.45) is -0.372. The molecule has 2 N–H and O–H groups in total. The first kappa shape index (κ1) is 17.5. The van der Waals surface area contributed by atoms with Gasteiger partial charge in [-0.1, -0.05) is 18.2 Å². The lowest BCUT2D eigenvalue weighted by molar-refractivity contribution is 0.0508. The van der Waals surface area contributed by atoms with Crippen molar-refractivity contribution in [2.24, 2.45) is 0 Å². The number of alkyl carbamates (subject to hydrolysis) is 1. The molecular formula is C17H28N2O2. The summed E-state index contributed by atoms with van der Waals surface area (Å²) in [6.45, 7) is 13.2. The Hall–Kier alpha value is -1.55. The summed E-state index contributed by atoms with van der Waals surface area (Å²) in [6, 6.07) is 6.47. The maximum atomic E-state index is 11.6. The second-order valence-corrected chi connectivity index (χ2v) is 6.60. The Balaban J connectivity index is 2.31. The summed E-state index contributed by atoms with van der Waals surface area (Å²) >= 11 is 0. The molecule has 118 valence electrons. The summed E-state index contributed by atoms with van der Waals surface area (Å²) in [5.74, 6) is 0. The summed E-state index contributed by atoms with van der Waals surface area (Å²) < 4.78 is 5.22. The van der Waals surface area contributed by atoms with Crippen molar-refractivity contribution in [3.05, 3.63) is 34.9 Å². The van der Waals surface area contributed by atoms with Gasteiger partial charge in [-0.05, 0) is 58.2 Å². The number of rotatable bonds is 5. The molecule has 4 nitrogen and oxygen atoms in total. The molecule has 0 radical (unpaired) electrons. The highest BCUT2D eigenvalue weighted by Crippen LogP contribution is 2.09. The van der Waals surface area contributed by atoms with Crippen LogP contribution in [0.5, 0.6) is 0 Å². The Bertz CT molecular complexity index is 478. The van der Waals surface area contributed by atoms with Crippen LogP contribution in [-0.4, -0.2) is 24.3 Å². The minimum Gasteiger partial charge on any atom is -0.444 e. The fraction of sp³-hybridized carbons (Fsp3) is 0.588. The Morgan fingerprint density at radius 1 is 1.24 bits per heavy atom. The van der Waals surface area contributed by atoms with Crippen LogP contribution < -0.4 is 10.6 Å². The third-order valence-electron chi connectivity index (χ3n) is 3.11. The van der Waals surface area contributed by atoms with Crippen molar-refractivity contribution in [1.29, 1.82) is 0 Å². The highest BCUT2D eigenvalue weighted by Gasteiger charge is 2.17. The molecule has 0 heterocycles. The number of carbonyl (C=O) groups excluding carboxylic acids is 1. The van der Waals surface area contributed by atoms with Gasteiger partial charge in [-0.25, -0.2) is 4.79 Å². The highest BCUT2D eigenvalue weighted by atomic mass is 16.6. The highest BCUT2D eigenvalue weighted by molar-refractivity contribution is 5.68. The molecule has 21 heavy (non-hydrogen) atoms. The van der Waals surface area contributed by atoms with Crippen molar-refractivity contribution in [1.82, 2.24) is 10.6 Å². The van der Waals surface area contributed by atoms with Gasteiger partial charge < -0.3 is 15.4 Å². The van der Waals surface area contributed by atoms with Crippen molar-refractivity contribution in [2.45, 2.75) is 59.7 Å². The van der Waals surface area contributed by atoms with E-state index in [1.165, 1.54) is 16.7 Å². The fourth-order valence-electron chi connectivity index (χ4n) is 1.91. The van der Waals surface area contributed by atoms with Crippen LogP contribution in [0, 0.1) is 13.8 Å². The van der Waals surface area contributed by atoms with Crippen LogP contribution in [0.2, 0.25) is 0 Å². The van der Waals surface area contributed by atoms with Crippen LogP contribution >= 0.6 is 0 Å². The molecule has 0 bridgehead atoms. The zero-order valence-corrected chi connectivity index (χ0v) is 14.0. The van der Waals surface area contributed by atoms with Crippen molar-refractivity contribution in [2.75, 3.05) is 6.54 Å². The van der Waals surface area contributed by atoms with Gasteiger partial charge in [0.2, 0.25) is 0 Å². The number of ether oxygens (including phenoxy) is 1. The summed E-state index contributed by atoms with van der Waals surface area (Å²) in [4.78, 5) is 11.6. The predicted octanol–water partition coefficient (Wildman–Crippen LogP) is 3.31. The first-order valence-corrected chi connectivity index (χ1v) is 7.44. The molecule has 1 rings (SSSR count). The molecule has 0 aliphatic rings. The number of aryl methyl sites for hydroxylation is 2. The van der Waals surface area contributed by atoms with Crippen molar-refractivity contribution >= 4 is 6.09 Å². The number of carbonyl (C=O) groups is 1. The molecule has 0 aliphatic heterocycles. The topological polar surface area (TPSA) is 50.4 Å². The average Bonchev–Trinajstić information content (AvgIpc) is 2.31. The predicted molar refractivity (Wildman–Crippen MR) is 86.5 cm³/mol. The largest absolute Gasteiger partial charge is 0.444 e. The molecule has 0 saturated heterocycles. The molecule has 1 unspecified atom stereocenters. The maximum Gasteiger partial charge on any atom is 0.407 e. The van der Waals surface area contributed by atoms with Gasteiger partial charge in [0.25, 0.3) is 0 Å².